The lowest BCUT2D eigenvalue weighted by Gasteiger charge is -2.24. The highest BCUT2D eigenvalue weighted by Crippen LogP contribution is 2.58. The molecule has 0 saturated heterocycles. The zero-order chi connectivity index (χ0) is 21.0. The first-order valence-electron chi connectivity index (χ1n) is 9.83. The maximum atomic E-state index is 13.5. The first kappa shape index (κ1) is 18.2. The van der Waals surface area contributed by atoms with Crippen LogP contribution in [0.4, 0.5) is 0 Å². The molecule has 3 aromatic rings. The molecule has 3 heterocycles. The monoisotopic (exact) mass is 396 g/mol. The van der Waals surface area contributed by atoms with Crippen molar-refractivity contribution >= 4 is 21.9 Å². The van der Waals surface area contributed by atoms with E-state index in [9.17, 15) is 15.0 Å². The minimum absolute atomic E-state index is 0.0368. The van der Waals surface area contributed by atoms with E-state index in [1.54, 1.807) is 0 Å². The number of phenolic OH excluding ortho intramolecular Hbond substituents is 2. The summed E-state index contributed by atoms with van der Waals surface area (Å²) in [4.78, 5) is 13.5. The Hall–Kier alpha value is -2.89. The highest BCUT2D eigenvalue weighted by molar-refractivity contribution is 6.00. The second-order valence-electron chi connectivity index (χ2n) is 9.32. The SMILES string of the molecule is C[C@@H]1Oc2c(c3c(c4oc5c(O)c(O)ccc5c(=O)c24)C(C)(C)[C@@H](C)O3)C1(C)C. The van der Waals surface area contributed by atoms with Crippen LogP contribution < -0.4 is 14.9 Å². The molecule has 0 unspecified atom stereocenters. The quantitative estimate of drug-likeness (QED) is 0.430. The highest BCUT2D eigenvalue weighted by atomic mass is 16.5. The smallest absolute Gasteiger partial charge is 0.204 e. The summed E-state index contributed by atoms with van der Waals surface area (Å²) in [6.45, 7) is 12.2. The number of phenols is 2. The molecule has 2 aliphatic heterocycles. The molecule has 0 radical (unpaired) electrons. The van der Waals surface area contributed by atoms with Gasteiger partial charge < -0.3 is 24.1 Å². The predicted octanol–water partition coefficient (Wildman–Crippen LogP) is 4.47. The molecule has 152 valence electrons. The Morgan fingerprint density at radius 3 is 2.10 bits per heavy atom. The third-order valence-electron chi connectivity index (χ3n) is 7.06. The molecule has 0 spiro atoms. The van der Waals surface area contributed by atoms with Crippen LogP contribution in [0.2, 0.25) is 0 Å². The second kappa shape index (κ2) is 5.17. The van der Waals surface area contributed by atoms with Gasteiger partial charge in [-0.25, -0.2) is 0 Å². The predicted molar refractivity (Wildman–Crippen MR) is 110 cm³/mol. The van der Waals surface area contributed by atoms with Crippen LogP contribution in [0.5, 0.6) is 23.0 Å². The molecule has 0 amide bonds. The van der Waals surface area contributed by atoms with E-state index in [1.807, 2.05) is 27.7 Å². The Balaban J connectivity index is 2.08. The molecule has 0 fully saturated rings. The van der Waals surface area contributed by atoms with Gasteiger partial charge in [0.2, 0.25) is 11.2 Å². The van der Waals surface area contributed by atoms with E-state index in [2.05, 4.69) is 13.8 Å². The molecule has 6 heteroatoms. The van der Waals surface area contributed by atoms with Crippen molar-refractivity contribution < 1.29 is 24.1 Å². The van der Waals surface area contributed by atoms with E-state index in [0.29, 0.717) is 22.5 Å². The molecule has 2 aliphatic rings. The normalized spacial score (nSPS) is 23.7. The molecule has 6 nitrogen and oxygen atoms in total. The van der Waals surface area contributed by atoms with Crippen LogP contribution in [-0.4, -0.2) is 22.4 Å². The Bertz CT molecular complexity index is 1280. The van der Waals surface area contributed by atoms with Crippen molar-refractivity contribution in [3.05, 3.63) is 33.5 Å². The zero-order valence-corrected chi connectivity index (χ0v) is 17.3. The van der Waals surface area contributed by atoms with Gasteiger partial charge in [-0.3, -0.25) is 4.79 Å². The van der Waals surface area contributed by atoms with Crippen LogP contribution in [0.1, 0.15) is 52.7 Å². The maximum Gasteiger partial charge on any atom is 0.204 e. The van der Waals surface area contributed by atoms with Gasteiger partial charge >= 0.3 is 0 Å². The van der Waals surface area contributed by atoms with Crippen molar-refractivity contribution in [1.29, 1.82) is 0 Å². The lowest BCUT2D eigenvalue weighted by molar-refractivity contribution is 0.174. The Kier molecular flexibility index (Phi) is 3.24. The second-order valence-corrected chi connectivity index (χ2v) is 9.32. The first-order chi connectivity index (χ1) is 13.5. The Labute approximate surface area is 167 Å². The summed E-state index contributed by atoms with van der Waals surface area (Å²) in [5.74, 6) is 0.397. The fraction of sp³-hybridized carbons (Fsp3) is 0.435. The van der Waals surface area contributed by atoms with Crippen LogP contribution >= 0.6 is 0 Å². The van der Waals surface area contributed by atoms with Gasteiger partial charge in [0.25, 0.3) is 0 Å². The molecular formula is C23H24O6. The third kappa shape index (κ3) is 1.99. The fourth-order valence-electron chi connectivity index (χ4n) is 4.53. The van der Waals surface area contributed by atoms with Gasteiger partial charge in [0.1, 0.15) is 34.7 Å². The third-order valence-corrected chi connectivity index (χ3v) is 7.06. The van der Waals surface area contributed by atoms with E-state index in [1.165, 1.54) is 12.1 Å². The summed E-state index contributed by atoms with van der Waals surface area (Å²) in [5, 5.41) is 20.8. The lowest BCUT2D eigenvalue weighted by atomic mass is 9.75. The van der Waals surface area contributed by atoms with Crippen molar-refractivity contribution in [2.45, 2.75) is 64.6 Å². The number of benzene rings is 2. The fourth-order valence-corrected chi connectivity index (χ4v) is 4.53. The molecule has 2 atom stereocenters. The van der Waals surface area contributed by atoms with Crippen molar-refractivity contribution in [1.82, 2.24) is 0 Å². The molecule has 1 aromatic heterocycles. The molecule has 0 bridgehead atoms. The van der Waals surface area contributed by atoms with E-state index in [0.717, 1.165) is 11.1 Å². The first-order valence-corrected chi connectivity index (χ1v) is 9.83. The summed E-state index contributed by atoms with van der Waals surface area (Å²) >= 11 is 0. The number of aromatic hydroxyl groups is 2. The zero-order valence-electron chi connectivity index (χ0n) is 17.3. The van der Waals surface area contributed by atoms with Gasteiger partial charge in [0.15, 0.2) is 11.3 Å². The van der Waals surface area contributed by atoms with Gasteiger partial charge in [-0.05, 0) is 26.0 Å². The molecule has 2 aromatic carbocycles. The van der Waals surface area contributed by atoms with Crippen molar-refractivity contribution in [3.63, 3.8) is 0 Å². The van der Waals surface area contributed by atoms with Crippen LogP contribution in [0.25, 0.3) is 21.9 Å². The standard InChI is InChI=1S/C23H24O6/c1-9-22(3,4)14-19(27-9)13-16(25)11-7-8-12(24)17(26)18(11)29-20(13)15-21(14)28-10(2)23(15,5)6/h7-10,24,26H,1-6H3/t9-,10+/m0/s1. The van der Waals surface area contributed by atoms with E-state index in [4.69, 9.17) is 13.9 Å². The summed E-state index contributed by atoms with van der Waals surface area (Å²) < 4.78 is 18.6. The summed E-state index contributed by atoms with van der Waals surface area (Å²) in [7, 11) is 0. The molecule has 5 rings (SSSR count). The minimum Gasteiger partial charge on any atom is -0.504 e. The molecule has 2 N–H and O–H groups in total. The van der Waals surface area contributed by atoms with Crippen LogP contribution in [-0.2, 0) is 10.8 Å². The molecular weight excluding hydrogens is 372 g/mol. The molecule has 29 heavy (non-hydrogen) atoms. The maximum absolute atomic E-state index is 13.5. The highest BCUT2D eigenvalue weighted by Gasteiger charge is 2.51. The molecule has 0 aliphatic carbocycles. The van der Waals surface area contributed by atoms with Gasteiger partial charge in [-0.1, -0.05) is 27.7 Å². The number of rotatable bonds is 0. The topological polar surface area (TPSA) is 89.1 Å². The summed E-state index contributed by atoms with van der Waals surface area (Å²) in [6.07, 6.45) is -0.296. The minimum atomic E-state index is -0.449. The average molecular weight is 396 g/mol. The Morgan fingerprint density at radius 1 is 0.862 bits per heavy atom. The van der Waals surface area contributed by atoms with Crippen LogP contribution in [0.3, 0.4) is 0 Å². The van der Waals surface area contributed by atoms with E-state index < -0.39 is 11.2 Å². The number of hydrogen-bond acceptors (Lipinski definition) is 6. The number of fused-ring (bicyclic) bond motifs is 7. The summed E-state index contributed by atoms with van der Waals surface area (Å²) in [5.41, 5.74) is 0.913. The van der Waals surface area contributed by atoms with E-state index in [-0.39, 0.29) is 39.8 Å². The van der Waals surface area contributed by atoms with Crippen molar-refractivity contribution in [2.75, 3.05) is 0 Å². The van der Waals surface area contributed by atoms with E-state index >= 15 is 0 Å². The number of hydrogen-bond donors (Lipinski definition) is 2. The largest absolute Gasteiger partial charge is 0.504 e. The van der Waals surface area contributed by atoms with Crippen LogP contribution in [0, 0.1) is 0 Å². The van der Waals surface area contributed by atoms with Crippen molar-refractivity contribution in [3.8, 4) is 23.0 Å². The number of ether oxygens (including phenoxy) is 2. The Morgan fingerprint density at radius 2 is 1.45 bits per heavy atom. The van der Waals surface area contributed by atoms with Gasteiger partial charge in [0, 0.05) is 22.0 Å². The van der Waals surface area contributed by atoms with Crippen LogP contribution in [0.15, 0.2) is 21.3 Å². The van der Waals surface area contributed by atoms with Crippen molar-refractivity contribution in [2.24, 2.45) is 0 Å². The summed E-state index contributed by atoms with van der Waals surface area (Å²) in [6, 6.07) is 2.75. The van der Waals surface area contributed by atoms with Gasteiger partial charge in [0.05, 0.1) is 5.39 Å². The molecule has 0 saturated carbocycles. The van der Waals surface area contributed by atoms with Gasteiger partial charge in [-0.15, -0.1) is 0 Å². The lowest BCUT2D eigenvalue weighted by Crippen LogP contribution is -2.29. The average Bonchev–Trinajstić information content (AvgIpc) is 3.01. The van der Waals surface area contributed by atoms with Gasteiger partial charge in [-0.2, -0.15) is 0 Å².